The highest BCUT2D eigenvalue weighted by Crippen LogP contribution is 2.25. The number of furan rings is 1. The molecule has 10 nitrogen and oxygen atoms in total. The van der Waals surface area contributed by atoms with E-state index >= 15 is 0 Å². The average Bonchev–Trinajstić information content (AvgIpc) is 3.26. The number of carboxylic acid groups (broad SMARTS) is 1. The van der Waals surface area contributed by atoms with E-state index in [9.17, 15) is 14.7 Å². The van der Waals surface area contributed by atoms with E-state index in [-0.39, 0.29) is 19.0 Å². The summed E-state index contributed by atoms with van der Waals surface area (Å²) in [5, 5.41) is 12.0. The molecule has 0 aliphatic heterocycles. The third-order valence-electron chi connectivity index (χ3n) is 4.16. The number of rotatable bonds is 9. The summed E-state index contributed by atoms with van der Waals surface area (Å²) in [6.07, 6.45) is 2.45. The van der Waals surface area contributed by atoms with Crippen LogP contribution in [-0.2, 0) is 11.3 Å². The number of amides is 2. The van der Waals surface area contributed by atoms with Gasteiger partial charge in [0.15, 0.2) is 5.76 Å². The lowest BCUT2D eigenvalue weighted by molar-refractivity contribution is -0.110. The van der Waals surface area contributed by atoms with Gasteiger partial charge in [-0.05, 0) is 30.3 Å². The number of nitrogens with zero attached hydrogens (tertiary/aromatic N) is 4. The normalized spacial score (nSPS) is 11.5. The van der Waals surface area contributed by atoms with Crippen LogP contribution in [0, 0.1) is 0 Å². The highest BCUT2D eigenvalue weighted by atomic mass is 16.4. The molecule has 0 saturated carbocycles. The molecule has 1 unspecified atom stereocenters. The molecule has 3 aromatic heterocycles. The average molecular weight is 408 g/mol. The van der Waals surface area contributed by atoms with E-state index in [0.717, 1.165) is 0 Å². The Balaban J connectivity index is 1.96. The molecule has 4 N–H and O–H groups in total. The molecule has 0 fully saturated rings. The van der Waals surface area contributed by atoms with Crippen molar-refractivity contribution in [3.05, 3.63) is 72.4 Å². The molecule has 0 aromatic carbocycles. The van der Waals surface area contributed by atoms with E-state index < -0.39 is 12.1 Å². The maximum absolute atomic E-state index is 11.4. The molecule has 0 bridgehead atoms. The minimum Gasteiger partial charge on any atom is -0.465 e. The number of carbonyl (C=O) groups is 2. The fourth-order valence-electron chi connectivity index (χ4n) is 2.88. The van der Waals surface area contributed by atoms with Crippen molar-refractivity contribution in [3.8, 4) is 11.5 Å². The first-order valence-electron chi connectivity index (χ1n) is 8.94. The van der Waals surface area contributed by atoms with Crippen molar-refractivity contribution in [2.75, 3.05) is 12.3 Å². The quantitative estimate of drug-likeness (QED) is 0.361. The monoisotopic (exact) mass is 408 g/mol. The first-order valence-corrected chi connectivity index (χ1v) is 8.94. The van der Waals surface area contributed by atoms with Crippen molar-refractivity contribution in [1.29, 1.82) is 0 Å². The van der Waals surface area contributed by atoms with Crippen molar-refractivity contribution in [1.82, 2.24) is 25.2 Å². The molecule has 30 heavy (non-hydrogen) atoms. The summed E-state index contributed by atoms with van der Waals surface area (Å²) in [4.78, 5) is 36.7. The second kappa shape index (κ2) is 9.32. The second-order valence-corrected chi connectivity index (χ2v) is 6.24. The van der Waals surface area contributed by atoms with Crippen molar-refractivity contribution < 1.29 is 19.1 Å². The van der Waals surface area contributed by atoms with Crippen molar-refractivity contribution >= 4 is 18.5 Å². The number of carbonyl (C=O) groups excluding carboxylic acids is 1. The van der Waals surface area contributed by atoms with Crippen LogP contribution in [0.3, 0.4) is 0 Å². The molecule has 10 heteroatoms. The van der Waals surface area contributed by atoms with Gasteiger partial charge in [0.25, 0.3) is 0 Å². The third kappa shape index (κ3) is 4.79. The fraction of sp³-hybridized carbons (Fsp3) is 0.150. The smallest absolute Gasteiger partial charge is 0.407 e. The first-order chi connectivity index (χ1) is 14.5. The first kappa shape index (κ1) is 20.5. The molecular weight excluding hydrogens is 388 g/mol. The van der Waals surface area contributed by atoms with Gasteiger partial charge in [0.1, 0.15) is 11.7 Å². The van der Waals surface area contributed by atoms with Gasteiger partial charge in [-0.25, -0.2) is 14.8 Å². The maximum atomic E-state index is 11.4. The lowest BCUT2D eigenvalue weighted by Crippen LogP contribution is -2.30. The lowest BCUT2D eigenvalue weighted by atomic mass is 10.1. The summed E-state index contributed by atoms with van der Waals surface area (Å²) in [6.45, 7) is 3.78. The van der Waals surface area contributed by atoms with E-state index in [1.807, 2.05) is 0 Å². The van der Waals surface area contributed by atoms with Crippen LogP contribution in [0.2, 0.25) is 0 Å². The molecule has 0 radical (unpaired) electrons. The molecule has 1 atom stereocenters. The topological polar surface area (TPSA) is 147 Å². The summed E-state index contributed by atoms with van der Waals surface area (Å²) in [5.74, 6) is 0.509. The van der Waals surface area contributed by atoms with Gasteiger partial charge < -0.3 is 20.6 Å². The molecular formula is C20H20N6O4. The molecule has 3 aromatic rings. The van der Waals surface area contributed by atoms with Gasteiger partial charge in [-0.3, -0.25) is 14.7 Å². The molecule has 3 rings (SSSR count). The number of anilines is 1. The number of aromatic nitrogens is 3. The number of nitrogen functional groups attached to an aromatic ring is 1. The number of nitrogens with one attached hydrogen (secondary N) is 1. The Hall–Kier alpha value is -4.21. The standard InChI is InChI=1S/C20H20N6O4/c1-2-8-26(20(28)29)11-13-5-3-6-14(23-13)18(22-12-27)16-10-15(24-19(21)25-16)17-7-4-9-30-17/h2-7,9-10,12,18H,1,8,11H2,(H,22,27)(H,28,29)(H2,21,24,25). The van der Waals surface area contributed by atoms with Crippen LogP contribution in [-0.4, -0.2) is 44.0 Å². The summed E-state index contributed by atoms with van der Waals surface area (Å²) in [6, 6.07) is 9.50. The Kier molecular flexibility index (Phi) is 6.38. The Morgan fingerprint density at radius 1 is 1.27 bits per heavy atom. The number of hydrogen-bond acceptors (Lipinski definition) is 7. The van der Waals surface area contributed by atoms with Gasteiger partial charge in [0, 0.05) is 6.54 Å². The van der Waals surface area contributed by atoms with Gasteiger partial charge in [0.05, 0.1) is 29.9 Å². The zero-order chi connectivity index (χ0) is 21.5. The minimum absolute atomic E-state index is 0.00999. The van der Waals surface area contributed by atoms with Crippen molar-refractivity contribution in [2.24, 2.45) is 0 Å². The zero-order valence-corrected chi connectivity index (χ0v) is 15.9. The van der Waals surface area contributed by atoms with Crippen LogP contribution in [0.1, 0.15) is 23.1 Å². The Labute approximate surface area is 172 Å². The van der Waals surface area contributed by atoms with Crippen LogP contribution >= 0.6 is 0 Å². The number of pyridine rings is 1. The predicted octanol–water partition coefficient (Wildman–Crippen LogP) is 2.22. The lowest BCUT2D eigenvalue weighted by Gasteiger charge is -2.19. The van der Waals surface area contributed by atoms with E-state index in [2.05, 4.69) is 26.8 Å². The highest BCUT2D eigenvalue weighted by Gasteiger charge is 2.20. The molecule has 2 amide bonds. The van der Waals surface area contributed by atoms with Gasteiger partial charge in [-0.2, -0.15) is 0 Å². The number of hydrogen-bond donors (Lipinski definition) is 3. The van der Waals surface area contributed by atoms with E-state index in [0.29, 0.717) is 34.9 Å². The summed E-state index contributed by atoms with van der Waals surface area (Å²) in [5.41, 5.74) is 7.69. The van der Waals surface area contributed by atoms with Crippen molar-refractivity contribution in [2.45, 2.75) is 12.6 Å². The van der Waals surface area contributed by atoms with Gasteiger partial charge in [-0.15, -0.1) is 6.58 Å². The molecule has 3 heterocycles. The summed E-state index contributed by atoms with van der Waals surface area (Å²) in [7, 11) is 0. The largest absolute Gasteiger partial charge is 0.465 e. The zero-order valence-electron chi connectivity index (χ0n) is 15.9. The van der Waals surface area contributed by atoms with Gasteiger partial charge >= 0.3 is 6.09 Å². The molecule has 154 valence electrons. The third-order valence-corrected chi connectivity index (χ3v) is 4.16. The van der Waals surface area contributed by atoms with Gasteiger partial charge in [0.2, 0.25) is 12.4 Å². The van der Waals surface area contributed by atoms with E-state index in [1.165, 1.54) is 17.2 Å². The molecule has 0 spiro atoms. The second-order valence-electron chi connectivity index (χ2n) is 6.24. The SMILES string of the molecule is C=CCN(Cc1cccc(C(NC=O)c2cc(-c3ccco3)nc(N)n2)n1)C(=O)O. The predicted molar refractivity (Wildman–Crippen MR) is 108 cm³/mol. The van der Waals surface area contributed by atoms with Crippen LogP contribution < -0.4 is 11.1 Å². The fourth-order valence-corrected chi connectivity index (χ4v) is 2.88. The molecule has 0 aliphatic carbocycles. The van der Waals surface area contributed by atoms with Crippen LogP contribution in [0.4, 0.5) is 10.7 Å². The summed E-state index contributed by atoms with van der Waals surface area (Å²) >= 11 is 0. The minimum atomic E-state index is -1.09. The molecule has 0 saturated heterocycles. The highest BCUT2D eigenvalue weighted by molar-refractivity contribution is 5.65. The Morgan fingerprint density at radius 2 is 2.10 bits per heavy atom. The van der Waals surface area contributed by atoms with Crippen molar-refractivity contribution in [3.63, 3.8) is 0 Å². The molecule has 0 aliphatic rings. The van der Waals surface area contributed by atoms with E-state index in [4.69, 9.17) is 10.2 Å². The number of nitrogens with two attached hydrogens (primary N) is 1. The van der Waals surface area contributed by atoms with E-state index in [1.54, 1.807) is 36.4 Å². The summed E-state index contributed by atoms with van der Waals surface area (Å²) < 4.78 is 5.36. The van der Waals surface area contributed by atoms with Gasteiger partial charge in [-0.1, -0.05) is 12.1 Å². The van der Waals surface area contributed by atoms with Crippen LogP contribution in [0.25, 0.3) is 11.5 Å². The Morgan fingerprint density at radius 3 is 2.77 bits per heavy atom. The van der Waals surface area contributed by atoms with Crippen LogP contribution in [0.15, 0.2) is 59.7 Å². The Bertz CT molecular complexity index is 1040. The maximum Gasteiger partial charge on any atom is 0.407 e. The van der Waals surface area contributed by atoms with Crippen LogP contribution in [0.5, 0.6) is 0 Å².